The summed E-state index contributed by atoms with van der Waals surface area (Å²) in [5.41, 5.74) is 1.89. The van der Waals surface area contributed by atoms with Crippen molar-refractivity contribution in [3.63, 3.8) is 0 Å². The van der Waals surface area contributed by atoms with Crippen LogP contribution in [0.15, 0.2) is 48.7 Å². The van der Waals surface area contributed by atoms with E-state index in [9.17, 15) is 4.79 Å². The fourth-order valence-electron chi connectivity index (χ4n) is 3.41. The summed E-state index contributed by atoms with van der Waals surface area (Å²) in [6.45, 7) is 1.34. The molecule has 6 nitrogen and oxygen atoms in total. The Bertz CT molecular complexity index is 971. The van der Waals surface area contributed by atoms with E-state index in [2.05, 4.69) is 16.3 Å². The first kappa shape index (κ1) is 15.3. The van der Waals surface area contributed by atoms with Crippen molar-refractivity contribution >= 4 is 11.6 Å². The number of rotatable bonds is 2. The zero-order valence-corrected chi connectivity index (χ0v) is 13.7. The highest BCUT2D eigenvalue weighted by Gasteiger charge is 2.28. The number of pyridine rings is 1. The molecular weight excluding hydrogens is 314 g/mol. The van der Waals surface area contributed by atoms with Gasteiger partial charge in [0, 0.05) is 30.8 Å². The Morgan fingerprint density at radius 3 is 3.00 bits per heavy atom. The lowest BCUT2D eigenvalue weighted by Crippen LogP contribution is -2.39. The summed E-state index contributed by atoms with van der Waals surface area (Å²) < 4.78 is 1.99. The Kier molecular flexibility index (Phi) is 3.90. The SMILES string of the molecule is N#Cc1cccc(C(=O)N2CCCC(c3nnc4ccccn34)C2)c1. The number of carbonyl (C=O) groups is 1. The molecule has 0 saturated carbocycles. The summed E-state index contributed by atoms with van der Waals surface area (Å²) in [6.07, 6.45) is 3.87. The molecule has 1 aliphatic heterocycles. The Labute approximate surface area is 145 Å². The molecule has 0 radical (unpaired) electrons. The molecule has 0 N–H and O–H groups in total. The smallest absolute Gasteiger partial charge is 0.253 e. The molecule has 6 heteroatoms. The van der Waals surface area contributed by atoms with Crippen LogP contribution in [0.5, 0.6) is 0 Å². The van der Waals surface area contributed by atoms with E-state index in [1.807, 2.05) is 33.7 Å². The third kappa shape index (κ3) is 2.85. The van der Waals surface area contributed by atoms with Crippen LogP contribution >= 0.6 is 0 Å². The highest BCUT2D eigenvalue weighted by Crippen LogP contribution is 2.27. The minimum atomic E-state index is -0.0318. The molecule has 1 aromatic carbocycles. The highest BCUT2D eigenvalue weighted by molar-refractivity contribution is 5.94. The Balaban J connectivity index is 1.58. The van der Waals surface area contributed by atoms with E-state index in [-0.39, 0.29) is 11.8 Å². The molecule has 1 unspecified atom stereocenters. The van der Waals surface area contributed by atoms with Gasteiger partial charge in [-0.3, -0.25) is 9.20 Å². The van der Waals surface area contributed by atoms with Gasteiger partial charge in [0.05, 0.1) is 11.6 Å². The molecule has 1 fully saturated rings. The van der Waals surface area contributed by atoms with Gasteiger partial charge in [0.1, 0.15) is 5.82 Å². The minimum Gasteiger partial charge on any atom is -0.338 e. The monoisotopic (exact) mass is 331 g/mol. The van der Waals surface area contributed by atoms with Crippen molar-refractivity contribution in [3.8, 4) is 6.07 Å². The fourth-order valence-corrected chi connectivity index (χ4v) is 3.41. The van der Waals surface area contributed by atoms with Crippen LogP contribution in [0.3, 0.4) is 0 Å². The average Bonchev–Trinajstić information content (AvgIpc) is 3.12. The zero-order chi connectivity index (χ0) is 17.2. The van der Waals surface area contributed by atoms with Gasteiger partial charge in [0.2, 0.25) is 0 Å². The predicted molar refractivity (Wildman–Crippen MR) is 92.0 cm³/mol. The summed E-state index contributed by atoms with van der Waals surface area (Å²) in [7, 11) is 0. The average molecular weight is 331 g/mol. The maximum Gasteiger partial charge on any atom is 0.253 e. The van der Waals surface area contributed by atoms with E-state index in [0.717, 1.165) is 30.9 Å². The van der Waals surface area contributed by atoms with Crippen molar-refractivity contribution in [1.29, 1.82) is 5.26 Å². The van der Waals surface area contributed by atoms with Gasteiger partial charge in [-0.2, -0.15) is 5.26 Å². The van der Waals surface area contributed by atoms with Crippen LogP contribution in [0.4, 0.5) is 0 Å². The summed E-state index contributed by atoms with van der Waals surface area (Å²) in [6, 6.07) is 14.8. The van der Waals surface area contributed by atoms with Crippen molar-refractivity contribution in [2.45, 2.75) is 18.8 Å². The molecule has 1 atom stereocenters. The van der Waals surface area contributed by atoms with Crippen LogP contribution in [0.2, 0.25) is 0 Å². The molecule has 25 heavy (non-hydrogen) atoms. The van der Waals surface area contributed by atoms with Gasteiger partial charge in [-0.1, -0.05) is 12.1 Å². The molecule has 4 rings (SSSR count). The van der Waals surface area contributed by atoms with Gasteiger partial charge in [0.15, 0.2) is 5.65 Å². The standard InChI is InChI=1S/C19H17N5O/c20-12-14-5-3-6-15(11-14)19(25)23-9-4-7-16(13-23)18-22-21-17-8-1-2-10-24(17)18/h1-3,5-6,8,10-11,16H,4,7,9,13H2. The fraction of sp³-hybridized carbons (Fsp3) is 0.263. The third-order valence-corrected chi connectivity index (χ3v) is 4.65. The molecule has 124 valence electrons. The van der Waals surface area contributed by atoms with Gasteiger partial charge >= 0.3 is 0 Å². The van der Waals surface area contributed by atoms with Gasteiger partial charge in [-0.25, -0.2) is 0 Å². The van der Waals surface area contributed by atoms with Crippen molar-refractivity contribution < 1.29 is 4.79 Å². The van der Waals surface area contributed by atoms with Crippen molar-refractivity contribution in [1.82, 2.24) is 19.5 Å². The number of likely N-dealkylation sites (tertiary alicyclic amines) is 1. The number of fused-ring (bicyclic) bond motifs is 1. The van der Waals surface area contributed by atoms with Crippen LogP contribution in [-0.2, 0) is 0 Å². The van der Waals surface area contributed by atoms with Crippen LogP contribution in [0, 0.1) is 11.3 Å². The quantitative estimate of drug-likeness (QED) is 0.723. The van der Waals surface area contributed by atoms with E-state index in [4.69, 9.17) is 5.26 Å². The number of hydrogen-bond donors (Lipinski definition) is 0. The van der Waals surface area contributed by atoms with E-state index in [1.54, 1.807) is 24.3 Å². The summed E-state index contributed by atoms with van der Waals surface area (Å²) in [4.78, 5) is 14.7. The molecule has 0 bridgehead atoms. The molecule has 2 aromatic heterocycles. The van der Waals surface area contributed by atoms with Crippen molar-refractivity contribution in [2.24, 2.45) is 0 Å². The van der Waals surface area contributed by atoms with Crippen LogP contribution in [0.1, 0.15) is 40.5 Å². The Morgan fingerprint density at radius 2 is 2.12 bits per heavy atom. The first-order chi connectivity index (χ1) is 12.3. The second kappa shape index (κ2) is 6.36. The molecule has 1 aliphatic rings. The topological polar surface area (TPSA) is 74.3 Å². The lowest BCUT2D eigenvalue weighted by molar-refractivity contribution is 0.0704. The van der Waals surface area contributed by atoms with Crippen LogP contribution < -0.4 is 0 Å². The minimum absolute atomic E-state index is 0.0318. The molecular formula is C19H17N5O. The van der Waals surface area contributed by atoms with Gasteiger partial charge in [-0.15, -0.1) is 10.2 Å². The maximum absolute atomic E-state index is 12.8. The van der Waals surface area contributed by atoms with E-state index < -0.39 is 0 Å². The second-order valence-electron chi connectivity index (χ2n) is 6.27. The molecule has 0 aliphatic carbocycles. The first-order valence-corrected chi connectivity index (χ1v) is 8.35. The number of aromatic nitrogens is 3. The first-order valence-electron chi connectivity index (χ1n) is 8.35. The van der Waals surface area contributed by atoms with Crippen molar-refractivity contribution in [2.75, 3.05) is 13.1 Å². The number of benzene rings is 1. The molecule has 1 saturated heterocycles. The van der Waals surface area contributed by atoms with Crippen LogP contribution in [-0.4, -0.2) is 38.5 Å². The Morgan fingerprint density at radius 1 is 1.20 bits per heavy atom. The third-order valence-electron chi connectivity index (χ3n) is 4.65. The summed E-state index contributed by atoms with van der Waals surface area (Å²) in [5.74, 6) is 1.03. The summed E-state index contributed by atoms with van der Waals surface area (Å²) >= 11 is 0. The van der Waals surface area contributed by atoms with Gasteiger partial charge in [0.25, 0.3) is 5.91 Å². The number of amides is 1. The second-order valence-corrected chi connectivity index (χ2v) is 6.27. The number of nitrogens with zero attached hydrogens (tertiary/aromatic N) is 5. The van der Waals surface area contributed by atoms with E-state index in [0.29, 0.717) is 17.7 Å². The lowest BCUT2D eigenvalue weighted by atomic mass is 9.96. The van der Waals surface area contributed by atoms with E-state index >= 15 is 0 Å². The molecule has 1 amide bonds. The zero-order valence-electron chi connectivity index (χ0n) is 13.7. The van der Waals surface area contributed by atoms with Crippen LogP contribution in [0.25, 0.3) is 5.65 Å². The lowest BCUT2D eigenvalue weighted by Gasteiger charge is -2.32. The van der Waals surface area contributed by atoms with Gasteiger partial charge < -0.3 is 4.90 Å². The van der Waals surface area contributed by atoms with Crippen molar-refractivity contribution in [3.05, 3.63) is 65.6 Å². The Hall–Kier alpha value is -3.20. The number of hydrogen-bond acceptors (Lipinski definition) is 4. The number of piperidine rings is 1. The van der Waals surface area contributed by atoms with E-state index in [1.165, 1.54) is 0 Å². The maximum atomic E-state index is 12.8. The summed E-state index contributed by atoms with van der Waals surface area (Å²) in [5, 5.41) is 17.6. The molecule has 0 spiro atoms. The molecule has 3 heterocycles. The highest BCUT2D eigenvalue weighted by atomic mass is 16.2. The number of carbonyl (C=O) groups excluding carboxylic acids is 1. The molecule has 3 aromatic rings. The van der Waals surface area contributed by atoms with Gasteiger partial charge in [-0.05, 0) is 43.2 Å². The largest absolute Gasteiger partial charge is 0.338 e. The predicted octanol–water partition coefficient (Wildman–Crippen LogP) is 2.62. The number of nitriles is 1. The normalized spacial score (nSPS) is 17.4.